The number of rotatable bonds is 7. The summed E-state index contributed by atoms with van der Waals surface area (Å²) in [6.45, 7) is 0. The van der Waals surface area contributed by atoms with Gasteiger partial charge in [0.2, 0.25) is 5.89 Å². The fourth-order valence-corrected chi connectivity index (χ4v) is 3.12. The number of hydrogen-bond donors (Lipinski definition) is 1. The van der Waals surface area contributed by atoms with Gasteiger partial charge in [0, 0.05) is 11.8 Å². The summed E-state index contributed by atoms with van der Waals surface area (Å²) in [4.78, 5) is 0. The average Bonchev–Trinajstić information content (AvgIpc) is 3.27. The molecular formula is C23H20FN3O3. The summed E-state index contributed by atoms with van der Waals surface area (Å²) < 4.78 is 30.7. The van der Waals surface area contributed by atoms with Crippen molar-refractivity contribution < 1.29 is 18.3 Å². The van der Waals surface area contributed by atoms with Gasteiger partial charge in [-0.1, -0.05) is 42.5 Å². The maximum absolute atomic E-state index is 14.1. The Bertz CT molecular complexity index is 1130. The highest BCUT2D eigenvalue weighted by Gasteiger charge is 2.23. The van der Waals surface area contributed by atoms with E-state index in [9.17, 15) is 4.39 Å². The van der Waals surface area contributed by atoms with Crippen molar-refractivity contribution in [2.45, 2.75) is 6.04 Å². The topological polar surface area (TPSA) is 69.4 Å². The lowest BCUT2D eigenvalue weighted by atomic mass is 10.1. The van der Waals surface area contributed by atoms with Gasteiger partial charge in [-0.25, -0.2) is 4.39 Å². The number of nitrogens with zero attached hydrogens (tertiary/aromatic N) is 2. The summed E-state index contributed by atoms with van der Waals surface area (Å²) in [5, 5.41) is 11.6. The van der Waals surface area contributed by atoms with E-state index in [0.717, 1.165) is 11.3 Å². The molecule has 1 aromatic heterocycles. The van der Waals surface area contributed by atoms with Crippen LogP contribution in [0.2, 0.25) is 0 Å². The van der Waals surface area contributed by atoms with E-state index in [1.165, 1.54) is 6.07 Å². The molecule has 152 valence electrons. The molecule has 1 N–H and O–H groups in total. The Balaban J connectivity index is 1.71. The summed E-state index contributed by atoms with van der Waals surface area (Å²) in [6.07, 6.45) is 0. The molecule has 30 heavy (non-hydrogen) atoms. The predicted molar refractivity (Wildman–Crippen MR) is 111 cm³/mol. The van der Waals surface area contributed by atoms with E-state index in [1.807, 2.05) is 48.5 Å². The normalized spacial score (nSPS) is 11.7. The zero-order valence-electron chi connectivity index (χ0n) is 16.5. The minimum absolute atomic E-state index is 0.123. The van der Waals surface area contributed by atoms with Crippen LogP contribution < -0.4 is 14.8 Å². The third-order valence-electron chi connectivity index (χ3n) is 4.62. The minimum Gasteiger partial charge on any atom is -0.493 e. The van der Waals surface area contributed by atoms with Crippen LogP contribution in [-0.2, 0) is 0 Å². The third kappa shape index (κ3) is 3.96. The van der Waals surface area contributed by atoms with Crippen LogP contribution in [0.5, 0.6) is 11.5 Å². The van der Waals surface area contributed by atoms with Crippen LogP contribution >= 0.6 is 0 Å². The lowest BCUT2D eigenvalue weighted by Gasteiger charge is -2.18. The quantitative estimate of drug-likeness (QED) is 0.462. The lowest BCUT2D eigenvalue weighted by Crippen LogP contribution is -2.13. The smallest absolute Gasteiger partial charge is 0.250 e. The Labute approximate surface area is 173 Å². The SMILES string of the molecule is COc1ccc(N[C@H](c2ccccc2)c2nnc(-c3ccccc3F)o2)cc1OC. The number of hydrogen-bond acceptors (Lipinski definition) is 6. The van der Waals surface area contributed by atoms with Crippen molar-refractivity contribution >= 4 is 5.69 Å². The molecule has 1 atom stereocenters. The van der Waals surface area contributed by atoms with Gasteiger partial charge in [-0.15, -0.1) is 10.2 Å². The number of methoxy groups -OCH3 is 2. The number of benzene rings is 3. The van der Waals surface area contributed by atoms with Gasteiger partial charge in [0.25, 0.3) is 5.89 Å². The highest BCUT2D eigenvalue weighted by molar-refractivity contribution is 5.57. The van der Waals surface area contributed by atoms with E-state index in [2.05, 4.69) is 15.5 Å². The molecule has 0 radical (unpaired) electrons. The monoisotopic (exact) mass is 405 g/mol. The van der Waals surface area contributed by atoms with E-state index >= 15 is 0 Å². The van der Waals surface area contributed by atoms with Gasteiger partial charge >= 0.3 is 0 Å². The first kappa shape index (κ1) is 19.4. The first-order valence-corrected chi connectivity index (χ1v) is 9.31. The average molecular weight is 405 g/mol. The molecule has 4 aromatic rings. The summed E-state index contributed by atoms with van der Waals surface area (Å²) >= 11 is 0. The number of halogens is 1. The van der Waals surface area contributed by atoms with E-state index in [4.69, 9.17) is 13.9 Å². The predicted octanol–water partition coefficient (Wildman–Crippen LogP) is 5.09. The van der Waals surface area contributed by atoms with Crippen molar-refractivity contribution in [2.24, 2.45) is 0 Å². The lowest BCUT2D eigenvalue weighted by molar-refractivity contribution is 0.355. The third-order valence-corrected chi connectivity index (χ3v) is 4.62. The van der Waals surface area contributed by atoms with Crippen molar-refractivity contribution in [3.63, 3.8) is 0 Å². The maximum Gasteiger partial charge on any atom is 0.250 e. The van der Waals surface area contributed by atoms with Crippen molar-refractivity contribution in [2.75, 3.05) is 19.5 Å². The number of nitrogens with one attached hydrogen (secondary N) is 1. The second-order valence-electron chi connectivity index (χ2n) is 6.48. The Morgan fingerprint density at radius 1 is 0.867 bits per heavy atom. The van der Waals surface area contributed by atoms with Gasteiger partial charge in [0.1, 0.15) is 11.9 Å². The molecule has 4 rings (SSSR count). The van der Waals surface area contributed by atoms with E-state index in [-0.39, 0.29) is 11.5 Å². The van der Waals surface area contributed by atoms with Crippen LogP contribution in [0.15, 0.2) is 77.2 Å². The fraction of sp³-hybridized carbons (Fsp3) is 0.130. The molecule has 0 unspecified atom stereocenters. The second-order valence-corrected chi connectivity index (χ2v) is 6.48. The Morgan fingerprint density at radius 2 is 1.60 bits per heavy atom. The summed E-state index contributed by atoms with van der Waals surface area (Å²) in [5.41, 5.74) is 1.94. The fourth-order valence-electron chi connectivity index (χ4n) is 3.12. The van der Waals surface area contributed by atoms with Crippen LogP contribution in [0.25, 0.3) is 11.5 Å². The molecule has 0 amide bonds. The Morgan fingerprint density at radius 3 is 2.33 bits per heavy atom. The van der Waals surface area contributed by atoms with Crippen molar-refractivity contribution in [1.82, 2.24) is 10.2 Å². The highest BCUT2D eigenvalue weighted by Crippen LogP contribution is 2.33. The standard InChI is InChI=1S/C23H20FN3O3/c1-28-19-13-12-16(14-20(19)29-2)25-21(15-8-4-3-5-9-15)23-27-26-22(30-23)17-10-6-7-11-18(17)24/h3-14,21,25H,1-2H3/t21-/m1/s1. The van der Waals surface area contributed by atoms with Gasteiger partial charge in [-0.2, -0.15) is 0 Å². The molecule has 0 saturated carbocycles. The van der Waals surface area contributed by atoms with Gasteiger partial charge in [0.05, 0.1) is 19.8 Å². The van der Waals surface area contributed by atoms with Crippen molar-refractivity contribution in [1.29, 1.82) is 0 Å². The molecule has 0 fully saturated rings. The van der Waals surface area contributed by atoms with Crippen LogP contribution in [-0.4, -0.2) is 24.4 Å². The summed E-state index contributed by atoms with van der Waals surface area (Å²) in [7, 11) is 3.16. The first-order valence-electron chi connectivity index (χ1n) is 9.31. The minimum atomic E-state index is -0.447. The van der Waals surface area contributed by atoms with Crippen molar-refractivity contribution in [3.05, 3.63) is 90.1 Å². The highest BCUT2D eigenvalue weighted by atomic mass is 19.1. The summed E-state index contributed by atoms with van der Waals surface area (Å²) in [5.74, 6) is 1.23. The molecule has 0 aliphatic carbocycles. The second kappa shape index (κ2) is 8.65. The Kier molecular flexibility index (Phi) is 5.61. The molecule has 0 aliphatic rings. The molecule has 0 aliphatic heterocycles. The summed E-state index contributed by atoms with van der Waals surface area (Å²) in [6, 6.07) is 21.0. The van der Waals surface area contributed by atoms with Gasteiger partial charge in [-0.05, 0) is 29.8 Å². The van der Waals surface area contributed by atoms with Gasteiger partial charge in [0.15, 0.2) is 11.5 Å². The maximum atomic E-state index is 14.1. The zero-order chi connectivity index (χ0) is 20.9. The first-order chi connectivity index (χ1) is 14.7. The molecule has 1 heterocycles. The van der Waals surface area contributed by atoms with Crippen LogP contribution in [0.1, 0.15) is 17.5 Å². The molecule has 0 bridgehead atoms. The van der Waals surface area contributed by atoms with Crippen LogP contribution in [0.3, 0.4) is 0 Å². The van der Waals surface area contributed by atoms with E-state index in [1.54, 1.807) is 32.4 Å². The van der Waals surface area contributed by atoms with Crippen molar-refractivity contribution in [3.8, 4) is 23.0 Å². The zero-order valence-corrected chi connectivity index (χ0v) is 16.5. The molecule has 0 saturated heterocycles. The van der Waals surface area contributed by atoms with E-state index < -0.39 is 11.9 Å². The number of aromatic nitrogens is 2. The molecule has 0 spiro atoms. The molecular weight excluding hydrogens is 385 g/mol. The molecule has 7 heteroatoms. The van der Waals surface area contributed by atoms with E-state index in [0.29, 0.717) is 17.4 Å². The van der Waals surface area contributed by atoms with Crippen LogP contribution in [0.4, 0.5) is 10.1 Å². The number of anilines is 1. The largest absolute Gasteiger partial charge is 0.493 e. The van der Waals surface area contributed by atoms with Gasteiger partial charge in [-0.3, -0.25) is 0 Å². The molecule has 6 nitrogen and oxygen atoms in total. The Hall–Kier alpha value is -3.87. The van der Waals surface area contributed by atoms with Gasteiger partial charge < -0.3 is 19.2 Å². The van der Waals surface area contributed by atoms with Crippen LogP contribution in [0, 0.1) is 5.82 Å². The number of ether oxygens (including phenoxy) is 2. The molecule has 3 aromatic carbocycles.